The van der Waals surface area contributed by atoms with Crippen molar-refractivity contribution in [1.29, 1.82) is 0 Å². The van der Waals surface area contributed by atoms with Crippen LogP contribution >= 0.6 is 29.4 Å². The van der Waals surface area contributed by atoms with Crippen molar-refractivity contribution >= 4 is 29.4 Å². The molecule has 0 amide bonds. The molecule has 0 rings (SSSR count). The normalized spacial score (nSPS) is 13.5. The summed E-state index contributed by atoms with van der Waals surface area (Å²) in [5.41, 5.74) is 0. The lowest BCUT2D eigenvalue weighted by Crippen LogP contribution is -2.06. The largest absolute Gasteiger partial charge is 0.327 e. The van der Waals surface area contributed by atoms with E-state index in [0.717, 1.165) is 11.5 Å². The van der Waals surface area contributed by atoms with Crippen molar-refractivity contribution < 1.29 is 13.6 Å². The Balaban J connectivity index is 3.82. The molecule has 0 aromatic carbocycles. The Morgan fingerprint density at radius 3 is 1.37 bits per heavy atom. The lowest BCUT2D eigenvalue weighted by Gasteiger charge is -2.21. The van der Waals surface area contributed by atoms with Gasteiger partial charge in [-0.15, -0.1) is 0 Å². The molecule has 120 valence electrons. The second kappa shape index (κ2) is 11.5. The van der Waals surface area contributed by atoms with Crippen LogP contribution < -0.4 is 0 Å². The molecule has 3 nitrogen and oxygen atoms in total. The number of hydrogen-bond acceptors (Lipinski definition) is 3. The highest BCUT2D eigenvalue weighted by molar-refractivity contribution is 8.17. The van der Waals surface area contributed by atoms with Gasteiger partial charge in [0.25, 0.3) is 0 Å². The molecule has 0 bridgehead atoms. The summed E-state index contributed by atoms with van der Waals surface area (Å²) < 4.78 is 23.0. The molecule has 0 unspecified atom stereocenters. The average Bonchev–Trinajstić information content (AvgIpc) is 2.39. The fourth-order valence-corrected chi connectivity index (χ4v) is 5.86. The molecule has 19 heavy (non-hydrogen) atoms. The van der Waals surface area contributed by atoms with Gasteiger partial charge >= 0.3 is 7.60 Å². The Kier molecular flexibility index (Phi) is 12.0. The van der Waals surface area contributed by atoms with E-state index < -0.39 is 7.60 Å². The van der Waals surface area contributed by atoms with Gasteiger partial charge in [-0.05, 0) is 34.5 Å². The van der Waals surface area contributed by atoms with Gasteiger partial charge in [0.1, 0.15) is 0 Å². The molecule has 0 aromatic heterocycles. The van der Waals surface area contributed by atoms with Crippen molar-refractivity contribution in [2.75, 3.05) is 54.4 Å². The van der Waals surface area contributed by atoms with Crippen LogP contribution in [-0.2, 0) is 13.6 Å². The Labute approximate surface area is 125 Å². The standard InChI is InChI=1S/C13H33O3PS2/c1-6-18(7-2)12-10-15-17(5,14)16-11-13-19(8-3)9-4/h18-19H,6-13H2,1-5H3. The van der Waals surface area contributed by atoms with Crippen LogP contribution in [-0.4, -0.2) is 54.4 Å². The predicted octanol–water partition coefficient (Wildman–Crippen LogP) is 3.92. The van der Waals surface area contributed by atoms with E-state index in [9.17, 15) is 4.57 Å². The summed E-state index contributed by atoms with van der Waals surface area (Å²) in [6, 6.07) is 0. The first-order valence-electron chi connectivity index (χ1n) is 7.30. The summed E-state index contributed by atoms with van der Waals surface area (Å²) in [4.78, 5) is 0. The molecule has 0 saturated carbocycles. The van der Waals surface area contributed by atoms with Crippen LogP contribution in [0.3, 0.4) is 0 Å². The molecular formula is C13H33O3PS2. The predicted molar refractivity (Wildman–Crippen MR) is 95.3 cm³/mol. The Morgan fingerprint density at radius 2 is 1.11 bits per heavy atom. The van der Waals surface area contributed by atoms with E-state index in [4.69, 9.17) is 9.05 Å². The summed E-state index contributed by atoms with van der Waals surface area (Å²) in [6.45, 7) is 11.6. The van der Waals surface area contributed by atoms with E-state index >= 15 is 0 Å². The van der Waals surface area contributed by atoms with Crippen molar-refractivity contribution in [1.82, 2.24) is 0 Å². The topological polar surface area (TPSA) is 35.5 Å². The van der Waals surface area contributed by atoms with E-state index in [1.807, 2.05) is 0 Å². The van der Waals surface area contributed by atoms with E-state index in [-0.39, 0.29) is 21.8 Å². The van der Waals surface area contributed by atoms with E-state index in [1.54, 1.807) is 6.66 Å². The summed E-state index contributed by atoms with van der Waals surface area (Å²) in [6.07, 6.45) is 0. The second-order valence-corrected chi connectivity index (χ2v) is 12.7. The molecule has 0 heterocycles. The molecule has 0 atom stereocenters. The minimum Gasteiger partial charge on any atom is -0.308 e. The third-order valence-corrected chi connectivity index (χ3v) is 9.77. The van der Waals surface area contributed by atoms with Crippen molar-refractivity contribution in [3.8, 4) is 0 Å². The number of hydrogen-bond donors (Lipinski definition) is 2. The lowest BCUT2D eigenvalue weighted by molar-refractivity contribution is 0.228. The van der Waals surface area contributed by atoms with Crippen LogP contribution in [0.25, 0.3) is 0 Å². The van der Waals surface area contributed by atoms with Crippen molar-refractivity contribution in [3.63, 3.8) is 0 Å². The molecule has 0 aliphatic carbocycles. The van der Waals surface area contributed by atoms with Crippen LogP contribution in [0.2, 0.25) is 0 Å². The van der Waals surface area contributed by atoms with Gasteiger partial charge in [-0.3, -0.25) is 26.4 Å². The fourth-order valence-electron chi connectivity index (χ4n) is 1.79. The molecule has 0 aliphatic rings. The van der Waals surface area contributed by atoms with Gasteiger partial charge in [0.05, 0.1) is 13.2 Å². The lowest BCUT2D eigenvalue weighted by atomic mass is 10.9. The van der Waals surface area contributed by atoms with Crippen LogP contribution in [0.4, 0.5) is 0 Å². The minimum atomic E-state index is -2.83. The molecule has 0 radical (unpaired) electrons. The van der Waals surface area contributed by atoms with Gasteiger partial charge in [0.15, 0.2) is 0 Å². The minimum absolute atomic E-state index is 0.0638. The molecule has 6 heteroatoms. The quantitative estimate of drug-likeness (QED) is 0.420. The first-order valence-corrected chi connectivity index (χ1v) is 13.1. The average molecular weight is 333 g/mol. The Morgan fingerprint density at radius 1 is 0.789 bits per heavy atom. The van der Waals surface area contributed by atoms with Crippen LogP contribution in [0, 0.1) is 0 Å². The van der Waals surface area contributed by atoms with E-state index in [1.165, 1.54) is 23.0 Å². The maximum absolute atomic E-state index is 12.1. The van der Waals surface area contributed by atoms with Gasteiger partial charge in [-0.25, -0.2) is 0 Å². The fraction of sp³-hybridized carbons (Fsp3) is 1.00. The molecule has 0 fully saturated rings. The highest BCUT2D eigenvalue weighted by Gasteiger charge is 2.17. The maximum Gasteiger partial charge on any atom is 0.327 e. The molecule has 0 aromatic rings. The highest BCUT2D eigenvalue weighted by atomic mass is 32.2. The van der Waals surface area contributed by atoms with Gasteiger partial charge in [0.2, 0.25) is 0 Å². The van der Waals surface area contributed by atoms with Crippen molar-refractivity contribution in [2.24, 2.45) is 0 Å². The molecule has 0 aliphatic heterocycles. The number of thiol groups is 2. The first kappa shape index (κ1) is 19.9. The monoisotopic (exact) mass is 332 g/mol. The Bertz CT molecular complexity index is 234. The Hall–Kier alpha value is 0.850. The van der Waals surface area contributed by atoms with Gasteiger partial charge < -0.3 is 9.05 Å². The molecule has 0 spiro atoms. The van der Waals surface area contributed by atoms with E-state index in [0.29, 0.717) is 13.2 Å². The number of rotatable bonds is 12. The molecular weight excluding hydrogens is 299 g/mol. The van der Waals surface area contributed by atoms with Gasteiger partial charge in [-0.2, -0.15) is 0 Å². The highest BCUT2D eigenvalue weighted by Crippen LogP contribution is 2.44. The first-order chi connectivity index (χ1) is 8.99. The summed E-state index contributed by atoms with van der Waals surface area (Å²) in [5.74, 6) is 6.98. The zero-order valence-corrected chi connectivity index (χ0v) is 15.9. The third-order valence-electron chi connectivity index (χ3n) is 3.26. The molecule has 0 saturated heterocycles. The second-order valence-electron chi connectivity index (χ2n) is 4.49. The van der Waals surface area contributed by atoms with Crippen LogP contribution in [0.15, 0.2) is 0 Å². The SMILES string of the molecule is CC[SH](CC)CCOP(C)(=O)OCC[SH](CC)CC. The third kappa shape index (κ3) is 10.3. The summed E-state index contributed by atoms with van der Waals surface area (Å²) in [7, 11) is -2.70. The maximum atomic E-state index is 12.1. The van der Waals surface area contributed by atoms with Crippen molar-refractivity contribution in [3.05, 3.63) is 0 Å². The van der Waals surface area contributed by atoms with Gasteiger partial charge in [-0.1, -0.05) is 27.7 Å². The smallest absolute Gasteiger partial charge is 0.308 e. The zero-order chi connectivity index (χ0) is 14.7. The van der Waals surface area contributed by atoms with E-state index in [2.05, 4.69) is 27.7 Å². The van der Waals surface area contributed by atoms with Gasteiger partial charge in [0, 0.05) is 6.66 Å². The molecule has 0 N–H and O–H groups in total. The summed E-state index contributed by atoms with van der Waals surface area (Å²) in [5, 5.41) is 0. The van der Waals surface area contributed by atoms with Crippen LogP contribution in [0.1, 0.15) is 27.7 Å². The summed E-state index contributed by atoms with van der Waals surface area (Å²) >= 11 is 0. The van der Waals surface area contributed by atoms with Crippen molar-refractivity contribution in [2.45, 2.75) is 27.7 Å². The zero-order valence-electron chi connectivity index (χ0n) is 13.2. The van der Waals surface area contributed by atoms with Crippen LogP contribution in [0.5, 0.6) is 0 Å².